The highest BCUT2D eigenvalue weighted by Crippen LogP contribution is 2.15. The summed E-state index contributed by atoms with van der Waals surface area (Å²) in [6, 6.07) is 0.253. The van der Waals surface area contributed by atoms with Gasteiger partial charge in [0.05, 0.1) is 6.10 Å². The summed E-state index contributed by atoms with van der Waals surface area (Å²) in [6.07, 6.45) is 2.45. The van der Waals surface area contributed by atoms with E-state index in [4.69, 9.17) is 4.74 Å². The van der Waals surface area contributed by atoms with Gasteiger partial charge in [-0.1, -0.05) is 0 Å². The maximum Gasteiger partial charge on any atom is 0.248 e. The molecule has 18 heavy (non-hydrogen) atoms. The fraction of sp³-hybridized carbons (Fsp3) is 0.929. The van der Waals surface area contributed by atoms with Crippen LogP contribution in [0.1, 0.15) is 40.5 Å². The van der Waals surface area contributed by atoms with E-state index in [1.54, 1.807) is 0 Å². The van der Waals surface area contributed by atoms with Crippen LogP contribution in [0.3, 0.4) is 0 Å². The Hall–Kier alpha value is -0.610. The molecule has 1 fully saturated rings. The third-order valence-corrected chi connectivity index (χ3v) is 3.40. The molecule has 1 amide bonds. The summed E-state index contributed by atoms with van der Waals surface area (Å²) in [4.78, 5) is 14.1. The van der Waals surface area contributed by atoms with Gasteiger partial charge in [-0.05, 0) is 59.5 Å². The third-order valence-electron chi connectivity index (χ3n) is 3.40. The molecule has 1 aliphatic heterocycles. The molecular weight excluding hydrogens is 228 g/mol. The van der Waals surface area contributed by atoms with Crippen LogP contribution in [0.15, 0.2) is 0 Å². The van der Waals surface area contributed by atoms with E-state index >= 15 is 0 Å². The van der Waals surface area contributed by atoms with Crippen molar-refractivity contribution in [2.45, 2.75) is 52.7 Å². The Bertz CT molecular complexity index is 248. The minimum atomic E-state index is 0.113. The Morgan fingerprint density at radius 1 is 1.28 bits per heavy atom. The first-order valence-corrected chi connectivity index (χ1v) is 7.12. The predicted octanol–water partition coefficient (Wildman–Crippen LogP) is 1.65. The normalized spacial score (nSPS) is 17.4. The first kappa shape index (κ1) is 15.4. The first-order chi connectivity index (χ1) is 8.50. The molecule has 0 bridgehead atoms. The molecule has 0 aromatic carbocycles. The van der Waals surface area contributed by atoms with Crippen molar-refractivity contribution in [3.05, 3.63) is 0 Å². The number of rotatable bonds is 6. The van der Waals surface area contributed by atoms with E-state index in [2.05, 4.69) is 19.2 Å². The molecule has 0 saturated carbocycles. The molecule has 4 nitrogen and oxygen atoms in total. The largest absolute Gasteiger partial charge is 0.369 e. The van der Waals surface area contributed by atoms with Crippen LogP contribution < -0.4 is 5.32 Å². The molecule has 1 aliphatic rings. The van der Waals surface area contributed by atoms with Crippen LogP contribution in [0.2, 0.25) is 0 Å². The highest BCUT2D eigenvalue weighted by Gasteiger charge is 2.22. The van der Waals surface area contributed by atoms with Gasteiger partial charge in [-0.2, -0.15) is 0 Å². The maximum atomic E-state index is 12.1. The molecule has 0 unspecified atom stereocenters. The second kappa shape index (κ2) is 7.74. The summed E-state index contributed by atoms with van der Waals surface area (Å²) < 4.78 is 5.42. The van der Waals surface area contributed by atoms with Crippen molar-refractivity contribution < 1.29 is 9.53 Å². The minimum Gasteiger partial charge on any atom is -0.369 e. The lowest BCUT2D eigenvalue weighted by atomic mass is 9.97. The van der Waals surface area contributed by atoms with E-state index in [9.17, 15) is 4.79 Å². The van der Waals surface area contributed by atoms with E-state index < -0.39 is 0 Å². The van der Waals surface area contributed by atoms with Gasteiger partial charge in [-0.15, -0.1) is 0 Å². The zero-order valence-electron chi connectivity index (χ0n) is 12.2. The summed E-state index contributed by atoms with van der Waals surface area (Å²) in [5, 5.41) is 3.36. The Labute approximate surface area is 111 Å². The van der Waals surface area contributed by atoms with Gasteiger partial charge < -0.3 is 15.0 Å². The Morgan fingerprint density at radius 3 is 2.39 bits per heavy atom. The number of hydrogen-bond donors (Lipinski definition) is 1. The summed E-state index contributed by atoms with van der Waals surface area (Å²) in [5.41, 5.74) is 0. The van der Waals surface area contributed by atoms with Crippen LogP contribution >= 0.6 is 0 Å². The molecule has 0 aliphatic carbocycles. The molecule has 0 radical (unpaired) electrons. The predicted molar refractivity (Wildman–Crippen MR) is 73.5 cm³/mol. The van der Waals surface area contributed by atoms with Crippen LogP contribution in [-0.4, -0.2) is 49.2 Å². The molecule has 0 atom stereocenters. The fourth-order valence-corrected chi connectivity index (χ4v) is 2.26. The smallest absolute Gasteiger partial charge is 0.248 e. The van der Waals surface area contributed by atoms with Crippen LogP contribution in [0.5, 0.6) is 0 Å². The van der Waals surface area contributed by atoms with Crippen molar-refractivity contribution in [3.63, 3.8) is 0 Å². The number of carbonyl (C=O) groups excluding carboxylic acids is 1. The fourth-order valence-electron chi connectivity index (χ4n) is 2.26. The summed E-state index contributed by atoms with van der Waals surface area (Å²) in [6.45, 7) is 11.3. The number of carbonyl (C=O) groups is 1. The van der Waals surface area contributed by atoms with E-state index in [0.717, 1.165) is 19.6 Å². The Kier molecular flexibility index (Phi) is 6.65. The molecule has 1 heterocycles. The number of hydrogen-bond acceptors (Lipinski definition) is 3. The van der Waals surface area contributed by atoms with Gasteiger partial charge in [-0.25, -0.2) is 0 Å². The topological polar surface area (TPSA) is 41.6 Å². The highest BCUT2D eigenvalue weighted by molar-refractivity contribution is 5.77. The summed E-state index contributed by atoms with van der Waals surface area (Å²) in [5.74, 6) is 0.758. The molecule has 0 spiro atoms. The molecule has 106 valence electrons. The quantitative estimate of drug-likeness (QED) is 0.785. The molecular formula is C14H28N2O2. The minimum absolute atomic E-state index is 0.113. The monoisotopic (exact) mass is 256 g/mol. The van der Waals surface area contributed by atoms with Gasteiger partial charge in [0.15, 0.2) is 0 Å². The van der Waals surface area contributed by atoms with Crippen molar-refractivity contribution in [1.29, 1.82) is 0 Å². The van der Waals surface area contributed by atoms with Crippen LogP contribution in [-0.2, 0) is 9.53 Å². The van der Waals surface area contributed by atoms with E-state index in [-0.39, 0.29) is 24.7 Å². The lowest BCUT2D eigenvalue weighted by Gasteiger charge is -2.33. The van der Waals surface area contributed by atoms with Crippen molar-refractivity contribution >= 4 is 5.91 Å². The SMILES string of the molecule is CC(C)OCC(=O)N(CC1CCNCC1)C(C)C. The molecule has 0 aromatic rings. The summed E-state index contributed by atoms with van der Waals surface area (Å²) in [7, 11) is 0. The molecule has 1 saturated heterocycles. The van der Waals surface area contributed by atoms with Crippen LogP contribution in [0, 0.1) is 5.92 Å². The number of amides is 1. The zero-order valence-corrected chi connectivity index (χ0v) is 12.2. The number of nitrogens with one attached hydrogen (secondary N) is 1. The molecule has 1 rings (SSSR count). The Balaban J connectivity index is 2.44. The standard InChI is InChI=1S/C14H28N2O2/c1-11(2)16(14(17)10-18-12(3)4)9-13-5-7-15-8-6-13/h11-13,15H,5-10H2,1-4H3. The first-order valence-electron chi connectivity index (χ1n) is 7.12. The number of ether oxygens (including phenoxy) is 1. The molecule has 1 N–H and O–H groups in total. The van der Waals surface area contributed by atoms with E-state index in [0.29, 0.717) is 5.92 Å². The van der Waals surface area contributed by atoms with Crippen molar-refractivity contribution in [2.75, 3.05) is 26.2 Å². The van der Waals surface area contributed by atoms with Gasteiger partial charge in [0.1, 0.15) is 6.61 Å². The second-order valence-corrected chi connectivity index (χ2v) is 5.69. The third kappa shape index (κ3) is 5.36. The maximum absolute atomic E-state index is 12.1. The van der Waals surface area contributed by atoms with Crippen molar-refractivity contribution in [2.24, 2.45) is 5.92 Å². The van der Waals surface area contributed by atoms with Crippen LogP contribution in [0.25, 0.3) is 0 Å². The zero-order chi connectivity index (χ0) is 13.5. The van der Waals surface area contributed by atoms with Crippen molar-refractivity contribution in [3.8, 4) is 0 Å². The van der Waals surface area contributed by atoms with Gasteiger partial charge in [0.2, 0.25) is 5.91 Å². The summed E-state index contributed by atoms with van der Waals surface area (Å²) >= 11 is 0. The highest BCUT2D eigenvalue weighted by atomic mass is 16.5. The van der Waals surface area contributed by atoms with E-state index in [1.165, 1.54) is 12.8 Å². The average Bonchev–Trinajstić information content (AvgIpc) is 2.34. The molecule has 4 heteroatoms. The average molecular weight is 256 g/mol. The van der Waals surface area contributed by atoms with Crippen molar-refractivity contribution in [1.82, 2.24) is 10.2 Å². The van der Waals surface area contributed by atoms with Crippen LogP contribution in [0.4, 0.5) is 0 Å². The van der Waals surface area contributed by atoms with Gasteiger partial charge >= 0.3 is 0 Å². The van der Waals surface area contributed by atoms with Gasteiger partial charge in [0.25, 0.3) is 0 Å². The van der Waals surface area contributed by atoms with E-state index in [1.807, 2.05) is 18.7 Å². The second-order valence-electron chi connectivity index (χ2n) is 5.69. The number of nitrogens with zero attached hydrogens (tertiary/aromatic N) is 1. The lowest BCUT2D eigenvalue weighted by Crippen LogP contribution is -2.44. The molecule has 0 aromatic heterocycles. The Morgan fingerprint density at radius 2 is 1.89 bits per heavy atom. The van der Waals surface area contributed by atoms with Gasteiger partial charge in [-0.3, -0.25) is 4.79 Å². The number of piperidine rings is 1. The van der Waals surface area contributed by atoms with Gasteiger partial charge in [0, 0.05) is 12.6 Å². The lowest BCUT2D eigenvalue weighted by molar-refractivity contribution is -0.140.